The van der Waals surface area contributed by atoms with Crippen molar-refractivity contribution in [3.8, 4) is 0 Å². The van der Waals surface area contributed by atoms with Crippen LogP contribution in [-0.4, -0.2) is 60.5 Å². The first-order valence-electron chi connectivity index (χ1n) is 12.0. The second kappa shape index (κ2) is 11.8. The van der Waals surface area contributed by atoms with Gasteiger partial charge in [0, 0.05) is 31.8 Å². The zero-order valence-electron chi connectivity index (χ0n) is 20.2. The second-order valence-corrected chi connectivity index (χ2v) is 8.31. The maximum Gasteiger partial charge on any atom is 0.409 e. The van der Waals surface area contributed by atoms with Crippen molar-refractivity contribution < 1.29 is 19.1 Å². The van der Waals surface area contributed by atoms with Crippen LogP contribution in [0.4, 0.5) is 10.5 Å². The molecular formula is C29H29N3O4. The van der Waals surface area contributed by atoms with Gasteiger partial charge in [0.15, 0.2) is 0 Å². The lowest BCUT2D eigenvalue weighted by molar-refractivity contribution is -0.111. The van der Waals surface area contributed by atoms with Crippen molar-refractivity contribution in [2.75, 3.05) is 38.1 Å². The van der Waals surface area contributed by atoms with E-state index in [1.165, 1.54) is 0 Å². The number of nitrogens with zero attached hydrogens (tertiary/aromatic N) is 2. The molecule has 1 aliphatic heterocycles. The number of hydrogen-bond donors (Lipinski definition) is 1. The minimum Gasteiger partial charge on any atom is -0.450 e. The van der Waals surface area contributed by atoms with Crippen LogP contribution in [0.3, 0.4) is 0 Å². The molecule has 0 radical (unpaired) electrons. The van der Waals surface area contributed by atoms with Crippen molar-refractivity contribution in [2.24, 2.45) is 0 Å². The Hall–Kier alpha value is -4.39. The maximum atomic E-state index is 13.5. The summed E-state index contributed by atoms with van der Waals surface area (Å²) in [5, 5.41) is 2.95. The van der Waals surface area contributed by atoms with Gasteiger partial charge in [0.05, 0.1) is 17.9 Å². The summed E-state index contributed by atoms with van der Waals surface area (Å²) in [5.74, 6) is -0.500. The first-order chi connectivity index (χ1) is 17.6. The van der Waals surface area contributed by atoms with Gasteiger partial charge < -0.3 is 19.9 Å². The standard InChI is InChI=1S/C29H29N3O4/c1-2-36-29(35)32-19-17-31(18-20-32)28(34)24-15-9-10-16-26(24)30-27(33)25(23-13-7-4-8-14-23)21-22-11-5-3-6-12-22/h3-16,21H,2,17-20H2,1H3,(H,30,33)/b25-21+. The van der Waals surface area contributed by atoms with Crippen LogP contribution >= 0.6 is 0 Å². The molecule has 36 heavy (non-hydrogen) atoms. The van der Waals surface area contributed by atoms with Gasteiger partial charge in [0.1, 0.15) is 0 Å². The molecule has 0 bridgehead atoms. The molecule has 0 aromatic heterocycles. The van der Waals surface area contributed by atoms with E-state index in [-0.39, 0.29) is 17.9 Å². The highest BCUT2D eigenvalue weighted by Crippen LogP contribution is 2.24. The molecule has 0 saturated carbocycles. The SMILES string of the molecule is CCOC(=O)N1CCN(C(=O)c2ccccc2NC(=O)/C(=C/c2ccccc2)c2ccccc2)CC1. The number of benzene rings is 3. The summed E-state index contributed by atoms with van der Waals surface area (Å²) in [6.07, 6.45) is 1.47. The maximum absolute atomic E-state index is 13.5. The van der Waals surface area contributed by atoms with Gasteiger partial charge in [-0.3, -0.25) is 9.59 Å². The van der Waals surface area contributed by atoms with Crippen LogP contribution in [0.5, 0.6) is 0 Å². The Bertz CT molecular complexity index is 1230. The topological polar surface area (TPSA) is 79.0 Å². The van der Waals surface area contributed by atoms with Crippen molar-refractivity contribution in [3.05, 3.63) is 102 Å². The molecule has 0 aliphatic carbocycles. The van der Waals surface area contributed by atoms with Gasteiger partial charge in [-0.25, -0.2) is 4.79 Å². The normalized spacial score (nSPS) is 13.8. The molecule has 1 heterocycles. The van der Waals surface area contributed by atoms with Crippen LogP contribution < -0.4 is 5.32 Å². The quantitative estimate of drug-likeness (QED) is 0.404. The molecule has 1 aliphatic rings. The number of nitrogens with one attached hydrogen (secondary N) is 1. The van der Waals surface area contributed by atoms with E-state index in [1.54, 1.807) is 41.0 Å². The molecule has 0 unspecified atom stereocenters. The molecule has 7 nitrogen and oxygen atoms in total. The van der Waals surface area contributed by atoms with E-state index in [2.05, 4.69) is 5.32 Å². The highest BCUT2D eigenvalue weighted by atomic mass is 16.6. The average Bonchev–Trinajstić information content (AvgIpc) is 2.93. The number of rotatable bonds is 6. The Labute approximate surface area is 211 Å². The van der Waals surface area contributed by atoms with E-state index in [4.69, 9.17) is 4.74 Å². The van der Waals surface area contributed by atoms with Crippen molar-refractivity contribution in [3.63, 3.8) is 0 Å². The fourth-order valence-electron chi connectivity index (χ4n) is 4.06. The Kier molecular flexibility index (Phi) is 8.13. The molecule has 1 fully saturated rings. The number of carbonyl (C=O) groups is 3. The lowest BCUT2D eigenvalue weighted by atomic mass is 10.0. The van der Waals surface area contributed by atoms with E-state index in [1.807, 2.05) is 66.7 Å². The van der Waals surface area contributed by atoms with E-state index in [0.29, 0.717) is 49.6 Å². The number of anilines is 1. The predicted molar refractivity (Wildman–Crippen MR) is 140 cm³/mol. The van der Waals surface area contributed by atoms with Gasteiger partial charge in [-0.15, -0.1) is 0 Å². The van der Waals surface area contributed by atoms with Crippen molar-refractivity contribution in [1.82, 2.24) is 9.80 Å². The molecule has 3 aromatic carbocycles. The molecule has 1 N–H and O–H groups in total. The summed E-state index contributed by atoms with van der Waals surface area (Å²) >= 11 is 0. The summed E-state index contributed by atoms with van der Waals surface area (Å²) in [6.45, 7) is 3.66. The van der Waals surface area contributed by atoms with Gasteiger partial charge in [-0.2, -0.15) is 0 Å². The van der Waals surface area contributed by atoms with Gasteiger partial charge in [-0.05, 0) is 36.3 Å². The van der Waals surface area contributed by atoms with Crippen LogP contribution in [0, 0.1) is 0 Å². The van der Waals surface area contributed by atoms with E-state index >= 15 is 0 Å². The summed E-state index contributed by atoms with van der Waals surface area (Å²) in [7, 11) is 0. The van der Waals surface area contributed by atoms with Gasteiger partial charge in [-0.1, -0.05) is 72.8 Å². The van der Waals surface area contributed by atoms with Crippen LogP contribution in [0.2, 0.25) is 0 Å². The Morgan fingerprint density at radius 2 is 1.39 bits per heavy atom. The fraction of sp³-hybridized carbons (Fsp3) is 0.207. The predicted octanol–water partition coefficient (Wildman–Crippen LogP) is 4.78. The lowest BCUT2D eigenvalue weighted by Crippen LogP contribution is -2.50. The van der Waals surface area contributed by atoms with Crippen molar-refractivity contribution >= 4 is 35.2 Å². The molecule has 0 spiro atoms. The fourth-order valence-corrected chi connectivity index (χ4v) is 4.06. The third kappa shape index (κ3) is 5.99. The van der Waals surface area contributed by atoms with E-state index in [9.17, 15) is 14.4 Å². The molecule has 184 valence electrons. The monoisotopic (exact) mass is 483 g/mol. The van der Waals surface area contributed by atoms with Crippen LogP contribution in [0.1, 0.15) is 28.4 Å². The number of para-hydroxylation sites is 1. The number of carbonyl (C=O) groups excluding carboxylic acids is 3. The molecule has 4 rings (SSSR count). The van der Waals surface area contributed by atoms with Gasteiger partial charge >= 0.3 is 6.09 Å². The smallest absolute Gasteiger partial charge is 0.409 e. The van der Waals surface area contributed by atoms with E-state index in [0.717, 1.165) is 11.1 Å². The Morgan fingerprint density at radius 3 is 2.06 bits per heavy atom. The second-order valence-electron chi connectivity index (χ2n) is 8.31. The lowest BCUT2D eigenvalue weighted by Gasteiger charge is -2.34. The van der Waals surface area contributed by atoms with Gasteiger partial charge in [0.25, 0.3) is 11.8 Å². The number of hydrogen-bond acceptors (Lipinski definition) is 4. The molecular weight excluding hydrogens is 454 g/mol. The van der Waals surface area contributed by atoms with Crippen LogP contribution in [0.15, 0.2) is 84.9 Å². The first kappa shape index (κ1) is 24.7. The average molecular weight is 484 g/mol. The summed E-state index contributed by atoms with van der Waals surface area (Å²) in [4.78, 5) is 42.1. The summed E-state index contributed by atoms with van der Waals surface area (Å²) in [5.41, 5.74) is 3.01. The Balaban J connectivity index is 1.54. The van der Waals surface area contributed by atoms with E-state index < -0.39 is 0 Å². The summed E-state index contributed by atoms with van der Waals surface area (Å²) in [6, 6.07) is 26.1. The van der Waals surface area contributed by atoms with Crippen LogP contribution in [0.25, 0.3) is 11.6 Å². The number of ether oxygens (including phenoxy) is 1. The van der Waals surface area contributed by atoms with Crippen LogP contribution in [-0.2, 0) is 9.53 Å². The third-order valence-corrected chi connectivity index (χ3v) is 5.94. The molecule has 3 aromatic rings. The third-order valence-electron chi connectivity index (χ3n) is 5.94. The molecule has 0 atom stereocenters. The minimum absolute atomic E-state index is 0.192. The zero-order valence-corrected chi connectivity index (χ0v) is 20.2. The first-order valence-corrected chi connectivity index (χ1v) is 12.0. The Morgan fingerprint density at radius 1 is 0.806 bits per heavy atom. The minimum atomic E-state index is -0.365. The highest BCUT2D eigenvalue weighted by molar-refractivity contribution is 6.29. The number of piperazine rings is 1. The van der Waals surface area contributed by atoms with Crippen molar-refractivity contribution in [1.29, 1.82) is 0 Å². The largest absolute Gasteiger partial charge is 0.450 e. The molecule has 3 amide bonds. The zero-order chi connectivity index (χ0) is 25.3. The number of amides is 3. The molecule has 1 saturated heterocycles. The molecule has 7 heteroatoms. The highest BCUT2D eigenvalue weighted by Gasteiger charge is 2.27. The summed E-state index contributed by atoms with van der Waals surface area (Å²) < 4.78 is 5.06. The van der Waals surface area contributed by atoms with Crippen molar-refractivity contribution in [2.45, 2.75) is 6.92 Å². The van der Waals surface area contributed by atoms with Gasteiger partial charge in [0.2, 0.25) is 0 Å².